The Labute approximate surface area is 206 Å². The quantitative estimate of drug-likeness (QED) is 0.545. The Morgan fingerprint density at radius 1 is 1.29 bits per heavy atom. The minimum absolute atomic E-state index is 0.0382. The van der Waals surface area contributed by atoms with Gasteiger partial charge in [0.25, 0.3) is 11.1 Å². The minimum atomic E-state index is -2.89. The van der Waals surface area contributed by atoms with Gasteiger partial charge in [-0.15, -0.1) is 0 Å². The Kier molecular flexibility index (Phi) is 7.99. The van der Waals surface area contributed by atoms with E-state index in [9.17, 15) is 13.6 Å². The molecule has 0 saturated heterocycles. The van der Waals surface area contributed by atoms with E-state index in [1.807, 2.05) is 0 Å². The number of hydrogen-bond donors (Lipinski definition) is 1. The molecule has 8 nitrogen and oxygen atoms in total. The fraction of sp³-hybridized carbons (Fsp3) is 0.739. The number of nitrogens with zero attached hydrogens (tertiary/aromatic N) is 4. The number of hydrogen-bond acceptors (Lipinski definition) is 8. The fourth-order valence-corrected chi connectivity index (χ4v) is 5.53. The van der Waals surface area contributed by atoms with Crippen LogP contribution in [0.4, 0.5) is 13.2 Å². The van der Waals surface area contributed by atoms with Gasteiger partial charge in [0, 0.05) is 50.8 Å². The summed E-state index contributed by atoms with van der Waals surface area (Å²) in [7, 11) is 0. The number of aromatic nitrogens is 3. The van der Waals surface area contributed by atoms with Crippen molar-refractivity contribution in [2.75, 3.05) is 26.2 Å². The summed E-state index contributed by atoms with van der Waals surface area (Å²) in [6.45, 7) is 4.01. The summed E-state index contributed by atoms with van der Waals surface area (Å²) in [6, 6.07) is -0.0382. The van der Waals surface area contributed by atoms with Crippen molar-refractivity contribution >= 4 is 17.2 Å². The van der Waals surface area contributed by atoms with Crippen molar-refractivity contribution in [2.45, 2.75) is 82.8 Å². The molecule has 1 aliphatic carbocycles. The van der Waals surface area contributed by atoms with Crippen molar-refractivity contribution in [3.63, 3.8) is 0 Å². The molecular weight excluding hydrogens is 483 g/mol. The Bertz CT molecular complexity index is 975. The second-order valence-electron chi connectivity index (χ2n) is 9.70. The summed E-state index contributed by atoms with van der Waals surface area (Å²) in [4.78, 5) is 23.9. The highest BCUT2D eigenvalue weighted by molar-refractivity contribution is 7.13. The summed E-state index contributed by atoms with van der Waals surface area (Å²) in [5.74, 6) is -2.29. The molecule has 0 unspecified atom stereocenters. The average molecular weight is 516 g/mol. The molecule has 1 saturated carbocycles. The predicted molar refractivity (Wildman–Crippen MR) is 124 cm³/mol. The maximum atomic E-state index is 15.5. The maximum Gasteiger partial charge on any atom is 0.278 e. The van der Waals surface area contributed by atoms with E-state index >= 15 is 4.39 Å². The van der Waals surface area contributed by atoms with Gasteiger partial charge < -0.3 is 19.5 Å². The molecule has 4 rings (SSSR count). The first-order chi connectivity index (χ1) is 16.6. The molecule has 0 radical (unpaired) electrons. The first-order valence-electron chi connectivity index (χ1n) is 12.1. The van der Waals surface area contributed by atoms with Crippen molar-refractivity contribution in [3.05, 3.63) is 22.3 Å². The molecule has 1 N–H and O–H groups in total. The summed E-state index contributed by atoms with van der Waals surface area (Å²) >= 11 is 1.33. The van der Waals surface area contributed by atoms with E-state index in [4.69, 9.17) is 9.26 Å². The third-order valence-corrected chi connectivity index (χ3v) is 7.61. The zero-order chi connectivity index (χ0) is 25.1. The average Bonchev–Trinajstić information content (AvgIpc) is 3.33. The van der Waals surface area contributed by atoms with Crippen molar-refractivity contribution in [2.24, 2.45) is 0 Å². The molecule has 0 bridgehead atoms. The van der Waals surface area contributed by atoms with Gasteiger partial charge in [0.1, 0.15) is 5.67 Å². The molecule has 2 aromatic rings. The Hall–Kier alpha value is -2.21. The molecule has 194 valence electrons. The summed E-state index contributed by atoms with van der Waals surface area (Å²) in [5, 5.41) is 6.99. The number of halogens is 3. The third kappa shape index (κ3) is 7.63. The van der Waals surface area contributed by atoms with Crippen LogP contribution < -0.4 is 10.1 Å². The monoisotopic (exact) mass is 515 g/mol. The third-order valence-electron chi connectivity index (χ3n) is 6.54. The van der Waals surface area contributed by atoms with Gasteiger partial charge in [-0.25, -0.2) is 18.2 Å². The van der Waals surface area contributed by atoms with E-state index in [-0.39, 0.29) is 18.4 Å². The molecule has 1 aliphatic heterocycles. The SMILES string of the molecule is Cc1nc(CC(=O)N[C@H]2CC[C@](F)(CCN3CCc4nc(OCC(C)(F)F)sc4CC3)CC2)no1. The topological polar surface area (TPSA) is 93.4 Å². The number of carbonyl (C=O) groups excluding carboxylic acids is 1. The van der Waals surface area contributed by atoms with E-state index in [1.165, 1.54) is 11.3 Å². The first kappa shape index (κ1) is 25.9. The van der Waals surface area contributed by atoms with Crippen LogP contribution in [0.1, 0.15) is 61.3 Å². The molecular formula is C23H32F3N5O3S. The number of thiazole rings is 1. The van der Waals surface area contributed by atoms with E-state index in [2.05, 4.69) is 25.3 Å². The highest BCUT2D eigenvalue weighted by Gasteiger charge is 2.36. The van der Waals surface area contributed by atoms with Gasteiger partial charge in [-0.2, -0.15) is 4.98 Å². The van der Waals surface area contributed by atoms with Gasteiger partial charge in [-0.3, -0.25) is 4.79 Å². The van der Waals surface area contributed by atoms with E-state index in [0.717, 1.165) is 37.0 Å². The van der Waals surface area contributed by atoms with E-state index < -0.39 is 18.2 Å². The molecule has 0 aromatic carbocycles. The van der Waals surface area contributed by atoms with Crippen LogP contribution in [0.25, 0.3) is 0 Å². The second-order valence-corrected chi connectivity index (χ2v) is 10.7. The lowest BCUT2D eigenvalue weighted by atomic mass is 9.81. The second kappa shape index (κ2) is 10.8. The number of aryl methyl sites for hydroxylation is 1. The largest absolute Gasteiger partial charge is 0.464 e. The van der Waals surface area contributed by atoms with Gasteiger partial charge >= 0.3 is 0 Å². The molecule has 1 fully saturated rings. The summed E-state index contributed by atoms with van der Waals surface area (Å²) < 4.78 is 51.5. The van der Waals surface area contributed by atoms with Crippen molar-refractivity contribution in [1.29, 1.82) is 0 Å². The molecule has 3 heterocycles. The van der Waals surface area contributed by atoms with Crippen LogP contribution in [0.3, 0.4) is 0 Å². The number of ether oxygens (including phenoxy) is 1. The molecule has 0 spiro atoms. The minimum Gasteiger partial charge on any atom is -0.464 e. The van der Waals surface area contributed by atoms with Crippen molar-refractivity contribution in [1.82, 2.24) is 25.3 Å². The number of alkyl halides is 3. The van der Waals surface area contributed by atoms with Crippen LogP contribution in [0.2, 0.25) is 0 Å². The van der Waals surface area contributed by atoms with Gasteiger partial charge in [0.05, 0.1) is 12.1 Å². The van der Waals surface area contributed by atoms with Crippen LogP contribution in [0, 0.1) is 6.92 Å². The zero-order valence-electron chi connectivity index (χ0n) is 20.1. The summed E-state index contributed by atoms with van der Waals surface area (Å²) in [5.41, 5.74) is -0.331. The van der Waals surface area contributed by atoms with Gasteiger partial charge in [-0.1, -0.05) is 16.5 Å². The van der Waals surface area contributed by atoms with Crippen LogP contribution in [-0.2, 0) is 24.1 Å². The lowest BCUT2D eigenvalue weighted by Gasteiger charge is -2.35. The van der Waals surface area contributed by atoms with Crippen molar-refractivity contribution < 1.29 is 27.2 Å². The lowest BCUT2D eigenvalue weighted by Crippen LogP contribution is -2.43. The molecule has 35 heavy (non-hydrogen) atoms. The Morgan fingerprint density at radius 3 is 2.71 bits per heavy atom. The smallest absolute Gasteiger partial charge is 0.278 e. The number of amides is 1. The zero-order valence-corrected chi connectivity index (χ0v) is 20.9. The fourth-order valence-electron chi connectivity index (χ4n) is 4.58. The molecule has 0 atom stereocenters. The Balaban J connectivity index is 1.17. The normalized spacial score (nSPS) is 23.5. The van der Waals surface area contributed by atoms with Crippen LogP contribution in [-0.4, -0.2) is 69.8 Å². The number of carbonyl (C=O) groups is 1. The van der Waals surface area contributed by atoms with Crippen LogP contribution in [0.5, 0.6) is 5.19 Å². The van der Waals surface area contributed by atoms with Crippen molar-refractivity contribution in [3.8, 4) is 5.19 Å². The highest BCUT2D eigenvalue weighted by atomic mass is 32.1. The van der Waals surface area contributed by atoms with E-state index in [0.29, 0.717) is 62.0 Å². The van der Waals surface area contributed by atoms with Gasteiger partial charge in [0.2, 0.25) is 11.8 Å². The molecule has 1 amide bonds. The number of rotatable bonds is 9. The lowest BCUT2D eigenvalue weighted by molar-refractivity contribution is -0.121. The van der Waals surface area contributed by atoms with E-state index in [1.54, 1.807) is 6.92 Å². The molecule has 2 aliphatic rings. The first-order valence-corrected chi connectivity index (χ1v) is 12.9. The van der Waals surface area contributed by atoms with Crippen LogP contribution in [0.15, 0.2) is 4.52 Å². The predicted octanol–water partition coefficient (Wildman–Crippen LogP) is 3.67. The molecule has 2 aromatic heterocycles. The molecule has 12 heteroatoms. The summed E-state index contributed by atoms with van der Waals surface area (Å²) in [6.07, 6.45) is 4.02. The number of nitrogens with one attached hydrogen (secondary N) is 1. The Morgan fingerprint density at radius 2 is 2.03 bits per heavy atom. The standard InChI is InChI=1S/C23H32F3N5O3S/c1-15-27-19(30-34-15)13-20(32)28-16-3-7-23(26,8-4-16)9-12-31-10-5-17-18(6-11-31)35-21(29-17)33-14-22(2,24)25/h16H,3-14H2,1-2H3,(H,28,32)/t16-,23+. The van der Waals surface area contributed by atoms with Crippen LogP contribution >= 0.6 is 11.3 Å². The highest BCUT2D eigenvalue weighted by Crippen LogP contribution is 2.35. The van der Waals surface area contributed by atoms with Gasteiger partial charge in [0.15, 0.2) is 12.4 Å². The maximum absolute atomic E-state index is 15.5. The van der Waals surface area contributed by atoms with Gasteiger partial charge in [-0.05, 0) is 38.5 Å². The number of fused-ring (bicyclic) bond motifs is 1.